The first kappa shape index (κ1) is 23.3. The summed E-state index contributed by atoms with van der Waals surface area (Å²) in [6.45, 7) is 8.70. The van der Waals surface area contributed by atoms with Gasteiger partial charge in [-0.1, -0.05) is 15.9 Å². The van der Waals surface area contributed by atoms with Gasteiger partial charge >= 0.3 is 6.09 Å². The summed E-state index contributed by atoms with van der Waals surface area (Å²) >= 11 is 3.63. The van der Waals surface area contributed by atoms with Crippen molar-refractivity contribution in [1.29, 1.82) is 5.26 Å². The highest BCUT2D eigenvalue weighted by molar-refractivity contribution is 9.09. The maximum absolute atomic E-state index is 13.3. The number of fused-ring (bicyclic) bond motifs is 3. The fourth-order valence-electron chi connectivity index (χ4n) is 4.54. The van der Waals surface area contributed by atoms with Gasteiger partial charge in [0, 0.05) is 41.1 Å². The Kier molecular flexibility index (Phi) is 5.99. The Bertz CT molecular complexity index is 1330. The maximum Gasteiger partial charge on any atom is 0.410 e. The van der Waals surface area contributed by atoms with E-state index in [4.69, 9.17) is 4.74 Å². The van der Waals surface area contributed by atoms with Gasteiger partial charge in [-0.05, 0) is 58.2 Å². The molecule has 0 N–H and O–H groups in total. The highest BCUT2D eigenvalue weighted by atomic mass is 79.9. The topological polar surface area (TPSA) is 93.1 Å². The number of carbonyl (C=O) groups excluding carboxylic acids is 1. The number of amides is 1. The third-order valence-corrected chi connectivity index (χ3v) is 6.57. The summed E-state index contributed by atoms with van der Waals surface area (Å²) in [6.07, 6.45) is 2.95. The lowest BCUT2D eigenvalue weighted by Gasteiger charge is -2.33. The quantitative estimate of drug-likeness (QED) is 0.459. The van der Waals surface area contributed by atoms with Crippen molar-refractivity contribution in [3.05, 3.63) is 39.8 Å². The minimum atomic E-state index is -0.527. The second-order valence-electron chi connectivity index (χ2n) is 9.60. The largest absolute Gasteiger partial charge is 0.444 e. The summed E-state index contributed by atoms with van der Waals surface area (Å²) in [4.78, 5) is 27.4. The van der Waals surface area contributed by atoms with Crippen molar-refractivity contribution in [3.63, 3.8) is 0 Å². The molecule has 1 amide bonds. The van der Waals surface area contributed by atoms with Crippen molar-refractivity contribution >= 4 is 43.8 Å². The van der Waals surface area contributed by atoms with Gasteiger partial charge in [0.25, 0.3) is 5.56 Å². The van der Waals surface area contributed by atoms with Crippen LogP contribution in [0.15, 0.2) is 23.1 Å². The molecule has 8 nitrogen and oxygen atoms in total. The van der Waals surface area contributed by atoms with E-state index in [1.54, 1.807) is 22.6 Å². The molecule has 1 fully saturated rings. The Morgan fingerprint density at radius 2 is 1.94 bits per heavy atom. The number of hydrogen-bond acceptors (Lipinski definition) is 5. The highest BCUT2D eigenvalue weighted by Crippen LogP contribution is 2.35. The van der Waals surface area contributed by atoms with E-state index in [-0.39, 0.29) is 22.5 Å². The molecule has 1 aliphatic rings. The molecule has 3 aromatic rings. The molecule has 1 atom stereocenters. The average Bonchev–Trinajstić information content (AvgIpc) is 3.20. The Labute approximate surface area is 200 Å². The highest BCUT2D eigenvalue weighted by Gasteiger charge is 2.29. The molecule has 1 aromatic carbocycles. The molecule has 0 bridgehead atoms. The monoisotopic (exact) mass is 513 g/mol. The fraction of sp³-hybridized carbons (Fsp3) is 0.500. The van der Waals surface area contributed by atoms with E-state index >= 15 is 0 Å². The molecular weight excluding hydrogens is 486 g/mol. The molecule has 1 unspecified atom stereocenters. The molecular formula is C24H28BrN5O3. The van der Waals surface area contributed by atoms with Gasteiger partial charge in [0.15, 0.2) is 0 Å². The summed E-state index contributed by atoms with van der Waals surface area (Å²) < 4.78 is 9.04. The van der Waals surface area contributed by atoms with Crippen LogP contribution in [0.25, 0.3) is 21.8 Å². The van der Waals surface area contributed by atoms with Crippen molar-refractivity contribution in [2.45, 2.75) is 57.0 Å². The third-order valence-electron chi connectivity index (χ3n) is 6.08. The second kappa shape index (κ2) is 8.49. The zero-order chi connectivity index (χ0) is 24.1. The van der Waals surface area contributed by atoms with Crippen LogP contribution in [0.1, 0.15) is 62.5 Å². The zero-order valence-electron chi connectivity index (χ0n) is 19.6. The molecule has 0 spiro atoms. The van der Waals surface area contributed by atoms with Crippen LogP contribution in [0.5, 0.6) is 0 Å². The predicted molar refractivity (Wildman–Crippen MR) is 131 cm³/mol. The molecule has 2 aromatic heterocycles. The smallest absolute Gasteiger partial charge is 0.410 e. The zero-order valence-corrected chi connectivity index (χ0v) is 21.1. The first-order chi connectivity index (χ1) is 15.5. The standard InChI is InChI=1S/C24H28BrN5O3/c1-14(25)17-10-15(12-26)11-18-20(17)19-13-27-30(21(19)28(5)22(18)31)16-6-8-29(9-7-16)23(32)33-24(2,3)4/h10-11,13-14,16H,6-9H2,1-5H3. The van der Waals surface area contributed by atoms with Gasteiger partial charge in [0.2, 0.25) is 0 Å². The third kappa shape index (κ3) is 4.24. The number of halogens is 1. The summed E-state index contributed by atoms with van der Waals surface area (Å²) in [7, 11) is 1.74. The number of alkyl halides is 1. The number of ether oxygens (including phenoxy) is 1. The van der Waals surface area contributed by atoms with Crippen molar-refractivity contribution < 1.29 is 9.53 Å². The molecule has 0 saturated carbocycles. The van der Waals surface area contributed by atoms with Gasteiger partial charge in [-0.25, -0.2) is 9.48 Å². The number of aryl methyl sites for hydroxylation is 1. The Balaban J connectivity index is 1.75. The fourth-order valence-corrected chi connectivity index (χ4v) is 4.90. The van der Waals surface area contributed by atoms with Crippen molar-refractivity contribution in [1.82, 2.24) is 19.2 Å². The molecule has 9 heteroatoms. The summed E-state index contributed by atoms with van der Waals surface area (Å²) in [5.41, 5.74) is 1.42. The van der Waals surface area contributed by atoms with E-state index < -0.39 is 5.60 Å². The first-order valence-electron chi connectivity index (χ1n) is 11.1. The Morgan fingerprint density at radius 1 is 1.27 bits per heavy atom. The van der Waals surface area contributed by atoms with Crippen molar-refractivity contribution in [3.8, 4) is 6.07 Å². The van der Waals surface area contributed by atoms with Crippen LogP contribution in [0, 0.1) is 11.3 Å². The molecule has 4 rings (SSSR count). The van der Waals surface area contributed by atoms with Gasteiger partial charge in [0.1, 0.15) is 11.2 Å². The molecule has 174 valence electrons. The summed E-state index contributed by atoms with van der Waals surface area (Å²) in [5.74, 6) is 0. The number of likely N-dealkylation sites (tertiary alicyclic amines) is 1. The number of aromatic nitrogens is 3. The molecule has 1 saturated heterocycles. The number of piperidine rings is 1. The maximum atomic E-state index is 13.3. The number of rotatable bonds is 2. The van der Waals surface area contributed by atoms with Crippen LogP contribution >= 0.6 is 15.9 Å². The molecule has 1 aliphatic heterocycles. The van der Waals surface area contributed by atoms with Crippen molar-refractivity contribution in [2.24, 2.45) is 7.05 Å². The molecule has 0 radical (unpaired) electrons. The first-order valence-corrected chi connectivity index (χ1v) is 12.0. The minimum Gasteiger partial charge on any atom is -0.444 e. The van der Waals surface area contributed by atoms with E-state index in [1.165, 1.54) is 0 Å². The second-order valence-corrected chi connectivity index (χ2v) is 11.0. The van der Waals surface area contributed by atoms with Crippen LogP contribution in [-0.4, -0.2) is 44.0 Å². The Hall–Kier alpha value is -2.86. The SMILES string of the molecule is CC(Br)c1cc(C#N)cc2c(=O)n(C)c3c(cnn3C3CCN(C(=O)OC(C)(C)C)CC3)c12. The van der Waals surface area contributed by atoms with Crippen LogP contribution in [-0.2, 0) is 11.8 Å². The lowest BCUT2D eigenvalue weighted by molar-refractivity contribution is 0.0186. The number of benzene rings is 1. The minimum absolute atomic E-state index is 0.0379. The van der Waals surface area contributed by atoms with Gasteiger partial charge in [0.05, 0.1) is 23.9 Å². The summed E-state index contributed by atoms with van der Waals surface area (Å²) in [6, 6.07) is 5.71. The van der Waals surface area contributed by atoms with Crippen LogP contribution in [0.2, 0.25) is 0 Å². The van der Waals surface area contributed by atoms with Crippen LogP contribution in [0.3, 0.4) is 0 Å². The summed E-state index contributed by atoms with van der Waals surface area (Å²) in [5, 5.41) is 16.4. The van der Waals surface area contributed by atoms with Gasteiger partial charge in [-0.2, -0.15) is 10.4 Å². The number of hydrogen-bond donors (Lipinski definition) is 0. The van der Waals surface area contributed by atoms with E-state index in [2.05, 4.69) is 27.1 Å². The number of nitrogens with zero attached hydrogens (tertiary/aromatic N) is 5. The van der Waals surface area contributed by atoms with E-state index in [1.807, 2.05) is 44.6 Å². The average molecular weight is 514 g/mol. The van der Waals surface area contributed by atoms with E-state index in [0.29, 0.717) is 24.0 Å². The molecule has 3 heterocycles. The molecule has 0 aliphatic carbocycles. The predicted octanol–water partition coefficient (Wildman–Crippen LogP) is 4.79. The van der Waals surface area contributed by atoms with E-state index in [0.717, 1.165) is 34.8 Å². The Morgan fingerprint density at radius 3 is 2.52 bits per heavy atom. The molecule has 33 heavy (non-hydrogen) atoms. The van der Waals surface area contributed by atoms with Gasteiger partial charge in [-0.15, -0.1) is 0 Å². The lowest BCUT2D eigenvalue weighted by atomic mass is 9.98. The van der Waals surface area contributed by atoms with Crippen LogP contribution in [0.4, 0.5) is 4.79 Å². The van der Waals surface area contributed by atoms with E-state index in [9.17, 15) is 14.9 Å². The number of nitriles is 1. The van der Waals surface area contributed by atoms with Crippen LogP contribution < -0.4 is 5.56 Å². The number of carbonyl (C=O) groups is 1. The van der Waals surface area contributed by atoms with Gasteiger partial charge < -0.3 is 9.64 Å². The number of pyridine rings is 1. The van der Waals surface area contributed by atoms with Crippen molar-refractivity contribution in [2.75, 3.05) is 13.1 Å². The normalized spacial score (nSPS) is 16.2. The lowest BCUT2D eigenvalue weighted by Crippen LogP contribution is -2.42. The van der Waals surface area contributed by atoms with Gasteiger partial charge in [-0.3, -0.25) is 9.36 Å².